The Morgan fingerprint density at radius 3 is 2.29 bits per heavy atom. The van der Waals surface area contributed by atoms with Crippen LogP contribution < -0.4 is 15.5 Å². The molecule has 150 valence electrons. The number of hydrogen-bond donors (Lipinski definition) is 2. The number of anilines is 2. The van der Waals surface area contributed by atoms with Crippen molar-refractivity contribution in [2.24, 2.45) is 0 Å². The Bertz CT molecular complexity index is 830. The average Bonchev–Trinajstić information content (AvgIpc) is 2.64. The quantitative estimate of drug-likeness (QED) is 0.618. The van der Waals surface area contributed by atoms with Gasteiger partial charge in [-0.1, -0.05) is 31.9 Å². The summed E-state index contributed by atoms with van der Waals surface area (Å²) >= 11 is 6.86. The van der Waals surface area contributed by atoms with Gasteiger partial charge in [0.2, 0.25) is 5.95 Å². The van der Waals surface area contributed by atoms with Crippen molar-refractivity contribution in [3.63, 3.8) is 0 Å². The number of rotatable bonds is 5. The van der Waals surface area contributed by atoms with Gasteiger partial charge in [0, 0.05) is 52.4 Å². The fraction of sp³-hybridized carbons (Fsp3) is 0.450. The Balaban J connectivity index is 1.53. The van der Waals surface area contributed by atoms with Crippen molar-refractivity contribution in [1.29, 1.82) is 0 Å². The van der Waals surface area contributed by atoms with E-state index in [0.29, 0.717) is 17.6 Å². The highest BCUT2D eigenvalue weighted by Gasteiger charge is 2.23. The van der Waals surface area contributed by atoms with Crippen molar-refractivity contribution in [2.45, 2.75) is 44.7 Å². The lowest BCUT2D eigenvalue weighted by Crippen LogP contribution is -2.40. The number of nitrogens with zero attached hydrogens (tertiary/aromatic N) is 3. The largest absolute Gasteiger partial charge is 0.362 e. The second-order valence-corrected chi connectivity index (χ2v) is 9.25. The second kappa shape index (κ2) is 9.22. The van der Waals surface area contributed by atoms with Crippen molar-refractivity contribution in [1.82, 2.24) is 15.3 Å². The summed E-state index contributed by atoms with van der Waals surface area (Å²) in [5.41, 5.74) is 1.71. The van der Waals surface area contributed by atoms with Crippen LogP contribution in [0.25, 0.3) is 0 Å². The molecule has 0 aliphatic heterocycles. The van der Waals surface area contributed by atoms with Crippen LogP contribution in [0.5, 0.6) is 0 Å². The van der Waals surface area contributed by atoms with E-state index in [9.17, 15) is 4.79 Å². The number of benzene rings is 1. The van der Waals surface area contributed by atoms with E-state index in [2.05, 4.69) is 52.5 Å². The van der Waals surface area contributed by atoms with E-state index < -0.39 is 0 Å². The zero-order valence-corrected chi connectivity index (χ0v) is 19.5. The number of hydrogen-bond acceptors (Lipinski definition) is 5. The van der Waals surface area contributed by atoms with Gasteiger partial charge in [-0.05, 0) is 50.8 Å². The van der Waals surface area contributed by atoms with Crippen LogP contribution in [0.15, 0.2) is 33.3 Å². The molecule has 3 rings (SSSR count). The van der Waals surface area contributed by atoms with E-state index in [1.807, 2.05) is 50.3 Å². The monoisotopic (exact) mass is 509 g/mol. The molecular weight excluding hydrogens is 486 g/mol. The van der Waals surface area contributed by atoms with Crippen LogP contribution in [0.3, 0.4) is 0 Å². The molecular formula is C20H25Br2N5O. The first-order valence-electron chi connectivity index (χ1n) is 9.36. The number of carbonyl (C=O) groups excluding carboxylic acids is 1. The van der Waals surface area contributed by atoms with Gasteiger partial charge >= 0.3 is 0 Å². The summed E-state index contributed by atoms with van der Waals surface area (Å²) in [6, 6.07) is 6.11. The smallest absolute Gasteiger partial charge is 0.251 e. The lowest BCUT2D eigenvalue weighted by molar-refractivity contribution is 0.0926. The molecule has 1 amide bonds. The standard InChI is InChI=1S/C20H25Br2N5O/c1-12-11-23-20(26-18(12)27(2)3)25-17-6-4-16(5-7-17)24-19(28)13-8-14(21)10-15(22)9-13/h8-11,16-17H,4-7H2,1-3H3,(H,24,28)(H,23,25,26)/t16-,17+. The van der Waals surface area contributed by atoms with Crippen LogP contribution in [0.1, 0.15) is 41.6 Å². The maximum absolute atomic E-state index is 12.5. The Morgan fingerprint density at radius 1 is 1.07 bits per heavy atom. The molecule has 0 radical (unpaired) electrons. The third-order valence-corrected chi connectivity index (χ3v) is 5.80. The molecule has 1 aliphatic carbocycles. The van der Waals surface area contributed by atoms with Gasteiger partial charge in [0.25, 0.3) is 5.91 Å². The summed E-state index contributed by atoms with van der Waals surface area (Å²) in [4.78, 5) is 23.6. The molecule has 0 bridgehead atoms. The lowest BCUT2D eigenvalue weighted by atomic mass is 9.91. The number of aromatic nitrogens is 2. The fourth-order valence-corrected chi connectivity index (χ4v) is 4.77. The summed E-state index contributed by atoms with van der Waals surface area (Å²) in [5, 5.41) is 6.61. The average molecular weight is 511 g/mol. The molecule has 28 heavy (non-hydrogen) atoms. The molecule has 6 nitrogen and oxygen atoms in total. The molecule has 0 atom stereocenters. The van der Waals surface area contributed by atoms with Crippen LogP contribution in [0.2, 0.25) is 0 Å². The summed E-state index contributed by atoms with van der Waals surface area (Å²) in [5.74, 6) is 1.57. The van der Waals surface area contributed by atoms with Gasteiger partial charge in [-0.3, -0.25) is 4.79 Å². The summed E-state index contributed by atoms with van der Waals surface area (Å²) in [7, 11) is 3.97. The molecule has 1 fully saturated rings. The molecule has 2 aromatic rings. The fourth-order valence-electron chi connectivity index (χ4n) is 3.47. The minimum absolute atomic E-state index is 0.0316. The molecule has 1 aliphatic rings. The van der Waals surface area contributed by atoms with Crippen LogP contribution in [0.4, 0.5) is 11.8 Å². The van der Waals surface area contributed by atoms with Crippen molar-refractivity contribution in [2.75, 3.05) is 24.3 Å². The Morgan fingerprint density at radius 2 is 1.68 bits per heavy atom. The highest BCUT2D eigenvalue weighted by Crippen LogP contribution is 2.24. The Kier molecular flexibility index (Phi) is 6.93. The predicted molar refractivity (Wildman–Crippen MR) is 120 cm³/mol. The summed E-state index contributed by atoms with van der Waals surface area (Å²) in [6.45, 7) is 2.01. The molecule has 1 aromatic carbocycles. The summed E-state index contributed by atoms with van der Waals surface area (Å²) < 4.78 is 1.77. The molecule has 1 aromatic heterocycles. The highest BCUT2D eigenvalue weighted by atomic mass is 79.9. The molecule has 8 heteroatoms. The molecule has 1 saturated carbocycles. The third-order valence-electron chi connectivity index (χ3n) is 4.89. The van der Waals surface area contributed by atoms with Crippen LogP contribution in [0, 0.1) is 6.92 Å². The number of amides is 1. The van der Waals surface area contributed by atoms with Gasteiger partial charge in [0.15, 0.2) is 0 Å². The summed E-state index contributed by atoms with van der Waals surface area (Å²) in [6.07, 6.45) is 5.67. The predicted octanol–water partition coefficient (Wildman–Crippen LogP) is 4.53. The topological polar surface area (TPSA) is 70.1 Å². The van der Waals surface area contributed by atoms with Crippen molar-refractivity contribution in [3.05, 3.63) is 44.5 Å². The molecule has 1 heterocycles. The first kappa shape index (κ1) is 21.0. The normalized spacial score (nSPS) is 19.2. The molecule has 0 unspecified atom stereocenters. The van der Waals surface area contributed by atoms with E-state index in [-0.39, 0.29) is 11.9 Å². The second-order valence-electron chi connectivity index (χ2n) is 7.42. The first-order valence-corrected chi connectivity index (χ1v) is 10.9. The maximum Gasteiger partial charge on any atom is 0.251 e. The molecule has 0 saturated heterocycles. The number of aryl methyl sites for hydroxylation is 1. The van der Waals surface area contributed by atoms with E-state index >= 15 is 0 Å². The highest BCUT2D eigenvalue weighted by molar-refractivity contribution is 9.11. The first-order chi connectivity index (χ1) is 13.3. The van der Waals surface area contributed by atoms with E-state index in [1.54, 1.807) is 0 Å². The van der Waals surface area contributed by atoms with Gasteiger partial charge in [0.05, 0.1) is 0 Å². The van der Waals surface area contributed by atoms with Gasteiger partial charge in [-0.2, -0.15) is 4.98 Å². The van der Waals surface area contributed by atoms with Crippen molar-refractivity contribution in [3.8, 4) is 0 Å². The van der Waals surface area contributed by atoms with Crippen molar-refractivity contribution < 1.29 is 4.79 Å². The molecule has 2 N–H and O–H groups in total. The SMILES string of the molecule is Cc1cnc(N[C@H]2CC[C@@H](NC(=O)c3cc(Br)cc(Br)c3)CC2)nc1N(C)C. The van der Waals surface area contributed by atoms with E-state index in [1.165, 1.54) is 0 Å². The number of carbonyl (C=O) groups is 1. The zero-order chi connectivity index (χ0) is 20.3. The lowest BCUT2D eigenvalue weighted by Gasteiger charge is -2.30. The van der Waals surface area contributed by atoms with Gasteiger partial charge < -0.3 is 15.5 Å². The van der Waals surface area contributed by atoms with E-state index in [4.69, 9.17) is 0 Å². The Labute approximate surface area is 182 Å². The van der Waals surface area contributed by atoms with Gasteiger partial charge in [-0.15, -0.1) is 0 Å². The van der Waals surface area contributed by atoms with Crippen LogP contribution in [-0.2, 0) is 0 Å². The third kappa shape index (κ3) is 5.44. The molecule has 0 spiro atoms. The number of halogens is 2. The number of nitrogens with one attached hydrogen (secondary N) is 2. The minimum atomic E-state index is -0.0316. The van der Waals surface area contributed by atoms with Crippen LogP contribution >= 0.6 is 31.9 Å². The minimum Gasteiger partial charge on any atom is -0.362 e. The maximum atomic E-state index is 12.5. The van der Waals surface area contributed by atoms with Crippen molar-refractivity contribution >= 4 is 49.5 Å². The van der Waals surface area contributed by atoms with Gasteiger partial charge in [0.1, 0.15) is 5.82 Å². The zero-order valence-electron chi connectivity index (χ0n) is 16.3. The van der Waals surface area contributed by atoms with E-state index in [0.717, 1.165) is 46.0 Å². The van der Waals surface area contributed by atoms with Crippen LogP contribution in [-0.4, -0.2) is 42.1 Å². The van der Waals surface area contributed by atoms with Gasteiger partial charge in [-0.25, -0.2) is 4.98 Å². The Hall–Kier alpha value is -1.67.